The summed E-state index contributed by atoms with van der Waals surface area (Å²) in [6.45, 7) is 5.69. The Bertz CT molecular complexity index is 1220. The molecule has 1 unspecified atom stereocenters. The zero-order chi connectivity index (χ0) is 28.9. The molecular weight excluding hydrogens is 508 g/mol. The first kappa shape index (κ1) is 30.4. The zero-order valence-electron chi connectivity index (χ0n) is 23.3. The third-order valence-electron chi connectivity index (χ3n) is 6.13. The predicted molar refractivity (Wildman–Crippen MR) is 153 cm³/mol. The van der Waals surface area contributed by atoms with Crippen LogP contribution >= 0.6 is 0 Å². The van der Waals surface area contributed by atoms with Crippen molar-refractivity contribution < 1.29 is 29.0 Å². The molecule has 0 aliphatic carbocycles. The lowest BCUT2D eigenvalue weighted by Crippen LogP contribution is -2.52. The lowest BCUT2D eigenvalue weighted by molar-refractivity contribution is -0.155. The van der Waals surface area contributed by atoms with Crippen LogP contribution in [0.4, 0.5) is 4.79 Å². The van der Waals surface area contributed by atoms with Gasteiger partial charge in [0.15, 0.2) is 6.10 Å². The lowest BCUT2D eigenvalue weighted by Gasteiger charge is -2.28. The number of hydrogen-bond acceptors (Lipinski definition) is 6. The molecule has 3 rings (SSSR count). The van der Waals surface area contributed by atoms with Gasteiger partial charge in [-0.05, 0) is 35.1 Å². The monoisotopic (exact) mass is 546 g/mol. The van der Waals surface area contributed by atoms with Crippen molar-refractivity contribution in [3.8, 4) is 11.1 Å². The number of aliphatic hydroxyl groups is 1. The van der Waals surface area contributed by atoms with Crippen LogP contribution in [0.5, 0.6) is 0 Å². The van der Waals surface area contributed by atoms with Crippen molar-refractivity contribution in [1.82, 2.24) is 10.2 Å². The highest BCUT2D eigenvalue weighted by atomic mass is 16.5. The SMILES string of the molecule is CCOC(=O)[C@H](Cc1ccc(-c2ccccc2)cc1)NC(=O)N(CC(C)C)CC(O)C(=O)OCc1ccccc1. The van der Waals surface area contributed by atoms with E-state index in [1.807, 2.05) is 98.8 Å². The topological polar surface area (TPSA) is 105 Å². The molecule has 0 aliphatic rings. The molecule has 0 aliphatic heterocycles. The van der Waals surface area contributed by atoms with E-state index in [2.05, 4.69) is 5.32 Å². The Balaban J connectivity index is 1.67. The Kier molecular flexibility index (Phi) is 11.7. The molecule has 0 bridgehead atoms. The van der Waals surface area contributed by atoms with Crippen molar-refractivity contribution in [3.05, 3.63) is 96.1 Å². The van der Waals surface area contributed by atoms with Crippen molar-refractivity contribution in [1.29, 1.82) is 0 Å². The van der Waals surface area contributed by atoms with E-state index in [4.69, 9.17) is 9.47 Å². The summed E-state index contributed by atoms with van der Waals surface area (Å²) in [6.07, 6.45) is -1.32. The Morgan fingerprint density at radius 1 is 0.775 bits per heavy atom. The van der Waals surface area contributed by atoms with Gasteiger partial charge in [0.05, 0.1) is 13.2 Å². The summed E-state index contributed by atoms with van der Waals surface area (Å²) in [4.78, 5) is 39.9. The zero-order valence-corrected chi connectivity index (χ0v) is 23.3. The highest BCUT2D eigenvalue weighted by Crippen LogP contribution is 2.20. The maximum absolute atomic E-state index is 13.3. The van der Waals surface area contributed by atoms with Crippen LogP contribution in [0.1, 0.15) is 31.9 Å². The Hall–Kier alpha value is -4.17. The first-order chi connectivity index (χ1) is 19.3. The number of aliphatic hydroxyl groups excluding tert-OH is 1. The number of urea groups is 1. The quantitative estimate of drug-likeness (QED) is 0.304. The Morgan fingerprint density at radius 2 is 1.38 bits per heavy atom. The summed E-state index contributed by atoms with van der Waals surface area (Å²) in [7, 11) is 0. The summed E-state index contributed by atoms with van der Waals surface area (Å²) in [5, 5.41) is 13.3. The second kappa shape index (κ2) is 15.4. The standard InChI is InChI=1S/C32H38N2O6/c1-4-39-30(36)28(19-24-15-17-27(18-16-24)26-13-9-6-10-14-26)33-32(38)34(20-23(2)3)21-29(35)31(37)40-22-25-11-7-5-8-12-25/h5-18,23,28-29,35H,4,19-22H2,1-3H3,(H,33,38)/t28-,29?/m0/s1. The van der Waals surface area contributed by atoms with E-state index < -0.39 is 30.1 Å². The van der Waals surface area contributed by atoms with E-state index in [9.17, 15) is 19.5 Å². The Morgan fingerprint density at radius 3 is 1.98 bits per heavy atom. The van der Waals surface area contributed by atoms with Gasteiger partial charge < -0.3 is 24.8 Å². The maximum Gasteiger partial charge on any atom is 0.337 e. The van der Waals surface area contributed by atoms with E-state index in [1.165, 1.54) is 4.90 Å². The number of nitrogens with zero attached hydrogens (tertiary/aromatic N) is 1. The molecule has 8 heteroatoms. The van der Waals surface area contributed by atoms with Crippen LogP contribution in [-0.4, -0.2) is 59.8 Å². The summed E-state index contributed by atoms with van der Waals surface area (Å²) in [5.41, 5.74) is 3.75. The second-order valence-corrected chi connectivity index (χ2v) is 9.93. The van der Waals surface area contributed by atoms with Gasteiger partial charge in [-0.25, -0.2) is 14.4 Å². The molecule has 0 aromatic heterocycles. The smallest absolute Gasteiger partial charge is 0.337 e. The third-order valence-corrected chi connectivity index (χ3v) is 6.13. The summed E-state index contributed by atoms with van der Waals surface area (Å²) in [5.74, 6) is -1.34. The van der Waals surface area contributed by atoms with Crippen LogP contribution < -0.4 is 5.32 Å². The average Bonchev–Trinajstić information content (AvgIpc) is 2.96. The molecule has 2 atom stereocenters. The largest absolute Gasteiger partial charge is 0.464 e. The highest BCUT2D eigenvalue weighted by molar-refractivity contribution is 5.84. The molecule has 0 spiro atoms. The van der Waals surface area contributed by atoms with Gasteiger partial charge in [-0.1, -0.05) is 98.8 Å². The third kappa shape index (κ3) is 9.54. The first-order valence-corrected chi connectivity index (χ1v) is 13.5. The van der Waals surface area contributed by atoms with Crippen LogP contribution in [-0.2, 0) is 32.1 Å². The van der Waals surface area contributed by atoms with Gasteiger partial charge in [0.25, 0.3) is 0 Å². The van der Waals surface area contributed by atoms with Gasteiger partial charge in [0, 0.05) is 13.0 Å². The van der Waals surface area contributed by atoms with Gasteiger partial charge in [-0.3, -0.25) is 0 Å². The fourth-order valence-corrected chi connectivity index (χ4v) is 4.17. The molecule has 3 aromatic rings. The van der Waals surface area contributed by atoms with E-state index >= 15 is 0 Å². The number of carbonyl (C=O) groups excluding carboxylic acids is 3. The summed E-state index contributed by atoms with van der Waals surface area (Å²) >= 11 is 0. The van der Waals surface area contributed by atoms with E-state index in [-0.39, 0.29) is 38.6 Å². The van der Waals surface area contributed by atoms with Crippen molar-refractivity contribution in [2.24, 2.45) is 5.92 Å². The van der Waals surface area contributed by atoms with Crippen LogP contribution in [0, 0.1) is 5.92 Å². The molecule has 0 heterocycles. The molecule has 3 aromatic carbocycles. The summed E-state index contributed by atoms with van der Waals surface area (Å²) < 4.78 is 10.5. The molecule has 40 heavy (non-hydrogen) atoms. The first-order valence-electron chi connectivity index (χ1n) is 13.5. The lowest BCUT2D eigenvalue weighted by atomic mass is 10.0. The minimum Gasteiger partial charge on any atom is -0.464 e. The van der Waals surface area contributed by atoms with Crippen LogP contribution in [0.15, 0.2) is 84.9 Å². The highest BCUT2D eigenvalue weighted by Gasteiger charge is 2.29. The molecular formula is C32H38N2O6. The average molecular weight is 547 g/mol. The number of hydrogen-bond donors (Lipinski definition) is 2. The number of rotatable bonds is 13. The molecule has 2 amide bonds. The van der Waals surface area contributed by atoms with Gasteiger partial charge >= 0.3 is 18.0 Å². The maximum atomic E-state index is 13.3. The van der Waals surface area contributed by atoms with E-state index in [1.54, 1.807) is 6.92 Å². The molecule has 0 radical (unpaired) electrons. The minimum atomic E-state index is -1.54. The number of esters is 2. The van der Waals surface area contributed by atoms with Crippen LogP contribution in [0.3, 0.4) is 0 Å². The number of carbonyl (C=O) groups is 3. The molecule has 8 nitrogen and oxygen atoms in total. The van der Waals surface area contributed by atoms with Gasteiger partial charge in [0.2, 0.25) is 0 Å². The predicted octanol–water partition coefficient (Wildman–Crippen LogP) is 4.60. The van der Waals surface area contributed by atoms with Crippen molar-refractivity contribution in [3.63, 3.8) is 0 Å². The number of amides is 2. The van der Waals surface area contributed by atoms with E-state index in [0.29, 0.717) is 0 Å². The molecule has 2 N–H and O–H groups in total. The van der Waals surface area contributed by atoms with Crippen LogP contribution in [0.25, 0.3) is 11.1 Å². The fraction of sp³-hybridized carbons (Fsp3) is 0.344. The normalized spacial score (nSPS) is 12.3. The fourth-order valence-electron chi connectivity index (χ4n) is 4.17. The van der Waals surface area contributed by atoms with E-state index in [0.717, 1.165) is 22.3 Å². The minimum absolute atomic E-state index is 0.0150. The van der Waals surface area contributed by atoms with Crippen molar-refractivity contribution in [2.75, 3.05) is 19.7 Å². The van der Waals surface area contributed by atoms with Crippen molar-refractivity contribution in [2.45, 2.75) is 45.9 Å². The molecule has 0 saturated carbocycles. The number of nitrogens with one attached hydrogen (secondary N) is 1. The summed E-state index contributed by atoms with van der Waals surface area (Å²) in [6, 6.07) is 25.3. The van der Waals surface area contributed by atoms with Gasteiger partial charge in [-0.2, -0.15) is 0 Å². The van der Waals surface area contributed by atoms with Crippen LogP contribution in [0.2, 0.25) is 0 Å². The van der Waals surface area contributed by atoms with Gasteiger partial charge in [-0.15, -0.1) is 0 Å². The van der Waals surface area contributed by atoms with Crippen molar-refractivity contribution >= 4 is 18.0 Å². The second-order valence-electron chi connectivity index (χ2n) is 9.93. The number of benzene rings is 3. The molecule has 212 valence electrons. The Labute approximate surface area is 235 Å². The molecule has 0 fully saturated rings. The molecule has 0 saturated heterocycles. The number of ether oxygens (including phenoxy) is 2. The van der Waals surface area contributed by atoms with Gasteiger partial charge in [0.1, 0.15) is 12.6 Å².